The number of amides is 2. The van der Waals surface area contributed by atoms with Crippen molar-refractivity contribution in [3.63, 3.8) is 0 Å². The molecule has 1 aliphatic rings. The highest BCUT2D eigenvalue weighted by atomic mass is 16.5. The van der Waals surface area contributed by atoms with Gasteiger partial charge in [-0.25, -0.2) is 0 Å². The first-order chi connectivity index (χ1) is 11.6. The molecule has 1 aromatic rings. The van der Waals surface area contributed by atoms with Gasteiger partial charge in [0.25, 0.3) is 0 Å². The highest BCUT2D eigenvalue weighted by Gasteiger charge is 2.18. The molecule has 1 aliphatic heterocycles. The highest BCUT2D eigenvalue weighted by molar-refractivity contribution is 5.92. The average Bonchev–Trinajstić information content (AvgIpc) is 3.01. The molecule has 0 unspecified atom stereocenters. The fraction of sp³-hybridized carbons (Fsp3) is 0.444. The van der Waals surface area contributed by atoms with Crippen LogP contribution in [0.25, 0.3) is 6.08 Å². The normalized spacial score (nSPS) is 14.2. The zero-order valence-electron chi connectivity index (χ0n) is 14.2. The first-order valence-corrected chi connectivity index (χ1v) is 8.09. The summed E-state index contributed by atoms with van der Waals surface area (Å²) in [5, 5.41) is 2.82. The van der Waals surface area contributed by atoms with Crippen LogP contribution < -0.4 is 14.8 Å². The minimum atomic E-state index is -0.173. The predicted octanol–water partition coefficient (Wildman–Crippen LogP) is 1.85. The lowest BCUT2D eigenvalue weighted by Gasteiger charge is -2.14. The first kappa shape index (κ1) is 17.8. The Hall–Kier alpha value is -2.50. The van der Waals surface area contributed by atoms with Gasteiger partial charge in [-0.05, 0) is 37.1 Å². The predicted molar refractivity (Wildman–Crippen MR) is 92.0 cm³/mol. The Labute approximate surface area is 142 Å². The van der Waals surface area contributed by atoms with E-state index in [0.29, 0.717) is 31.0 Å². The summed E-state index contributed by atoms with van der Waals surface area (Å²) < 4.78 is 10.4. The molecule has 0 aromatic heterocycles. The number of ether oxygens (including phenoxy) is 2. The number of hydrogen-bond donors (Lipinski definition) is 1. The van der Waals surface area contributed by atoms with Gasteiger partial charge in [-0.3, -0.25) is 9.59 Å². The molecule has 0 radical (unpaired) electrons. The summed E-state index contributed by atoms with van der Waals surface area (Å²) in [5.74, 6) is 1.41. The summed E-state index contributed by atoms with van der Waals surface area (Å²) in [4.78, 5) is 25.2. The van der Waals surface area contributed by atoms with E-state index in [1.54, 1.807) is 32.4 Å². The van der Waals surface area contributed by atoms with Crippen molar-refractivity contribution in [1.82, 2.24) is 10.2 Å². The number of methoxy groups -OCH3 is 2. The van der Waals surface area contributed by atoms with Gasteiger partial charge >= 0.3 is 0 Å². The van der Waals surface area contributed by atoms with Gasteiger partial charge in [0.05, 0.1) is 14.2 Å². The number of nitrogens with zero attached hydrogens (tertiary/aromatic N) is 1. The van der Waals surface area contributed by atoms with E-state index >= 15 is 0 Å². The molecule has 0 atom stereocenters. The van der Waals surface area contributed by atoms with Crippen LogP contribution in [0.1, 0.15) is 24.8 Å². The largest absolute Gasteiger partial charge is 0.497 e. The Balaban J connectivity index is 1.79. The van der Waals surface area contributed by atoms with Crippen LogP contribution in [0.3, 0.4) is 0 Å². The molecule has 1 saturated heterocycles. The van der Waals surface area contributed by atoms with E-state index in [9.17, 15) is 9.59 Å². The molecule has 0 saturated carbocycles. The van der Waals surface area contributed by atoms with Crippen LogP contribution in [0.4, 0.5) is 0 Å². The van der Waals surface area contributed by atoms with Crippen molar-refractivity contribution in [3.05, 3.63) is 29.8 Å². The van der Waals surface area contributed by atoms with Gasteiger partial charge in [-0.1, -0.05) is 0 Å². The molecule has 130 valence electrons. The van der Waals surface area contributed by atoms with Crippen molar-refractivity contribution in [2.24, 2.45) is 0 Å². The second-order valence-electron chi connectivity index (χ2n) is 5.57. The van der Waals surface area contributed by atoms with E-state index in [2.05, 4.69) is 5.32 Å². The van der Waals surface area contributed by atoms with Gasteiger partial charge in [-0.2, -0.15) is 0 Å². The van der Waals surface area contributed by atoms with Crippen LogP contribution in [0.5, 0.6) is 11.5 Å². The monoisotopic (exact) mass is 332 g/mol. The SMILES string of the molecule is COc1ccc(OC)c(/C=C/C(=O)NCCCN2CCCC2=O)c1. The number of carbonyl (C=O) groups is 2. The smallest absolute Gasteiger partial charge is 0.244 e. The molecule has 6 nitrogen and oxygen atoms in total. The number of carbonyl (C=O) groups excluding carboxylic acids is 2. The minimum Gasteiger partial charge on any atom is -0.497 e. The maximum absolute atomic E-state index is 11.9. The molecule has 6 heteroatoms. The summed E-state index contributed by atoms with van der Waals surface area (Å²) in [6.07, 6.45) is 5.51. The average molecular weight is 332 g/mol. The third-order valence-corrected chi connectivity index (χ3v) is 3.93. The number of nitrogens with one attached hydrogen (secondary N) is 1. The molecule has 0 aliphatic carbocycles. The van der Waals surface area contributed by atoms with Crippen molar-refractivity contribution in [3.8, 4) is 11.5 Å². The number of rotatable bonds is 8. The highest BCUT2D eigenvalue weighted by Crippen LogP contribution is 2.24. The molecule has 1 fully saturated rings. The Kier molecular flexibility index (Phi) is 6.66. The molecule has 2 rings (SSSR count). The summed E-state index contributed by atoms with van der Waals surface area (Å²) in [6.45, 7) is 2.08. The van der Waals surface area contributed by atoms with E-state index in [4.69, 9.17) is 9.47 Å². The van der Waals surface area contributed by atoms with Crippen LogP contribution in [0.15, 0.2) is 24.3 Å². The maximum atomic E-state index is 11.9. The van der Waals surface area contributed by atoms with Gasteiger partial charge in [0.1, 0.15) is 11.5 Å². The molecule has 2 amide bonds. The van der Waals surface area contributed by atoms with E-state index in [0.717, 1.165) is 24.9 Å². The Morgan fingerprint density at radius 3 is 2.83 bits per heavy atom. The van der Waals surface area contributed by atoms with E-state index in [1.165, 1.54) is 6.08 Å². The van der Waals surface area contributed by atoms with E-state index in [1.807, 2.05) is 11.0 Å². The Bertz CT molecular complexity index is 613. The van der Waals surface area contributed by atoms with Gasteiger partial charge < -0.3 is 19.7 Å². The molecular formula is C18H24N2O4. The fourth-order valence-corrected chi connectivity index (χ4v) is 2.62. The second-order valence-corrected chi connectivity index (χ2v) is 5.57. The summed E-state index contributed by atoms with van der Waals surface area (Å²) in [6, 6.07) is 5.40. The standard InChI is InChI=1S/C18H24N2O4/c1-23-15-7-8-16(24-2)14(13-15)6-9-17(21)19-10-4-12-20-11-3-5-18(20)22/h6-9,13H,3-5,10-12H2,1-2H3,(H,19,21)/b9-6+. The first-order valence-electron chi connectivity index (χ1n) is 8.09. The van der Waals surface area contributed by atoms with Crippen molar-refractivity contribution in [1.29, 1.82) is 0 Å². The maximum Gasteiger partial charge on any atom is 0.244 e. The van der Waals surface area contributed by atoms with E-state index < -0.39 is 0 Å². The lowest BCUT2D eigenvalue weighted by molar-refractivity contribution is -0.127. The van der Waals surface area contributed by atoms with Crippen LogP contribution in [0.2, 0.25) is 0 Å². The number of likely N-dealkylation sites (tertiary alicyclic amines) is 1. The van der Waals surface area contributed by atoms with E-state index in [-0.39, 0.29) is 11.8 Å². The Morgan fingerprint density at radius 2 is 2.17 bits per heavy atom. The van der Waals surface area contributed by atoms with Crippen LogP contribution >= 0.6 is 0 Å². The number of hydrogen-bond acceptors (Lipinski definition) is 4. The van der Waals surface area contributed by atoms with Crippen molar-refractivity contribution in [2.45, 2.75) is 19.3 Å². The number of benzene rings is 1. The summed E-state index contributed by atoms with van der Waals surface area (Å²) >= 11 is 0. The zero-order chi connectivity index (χ0) is 17.4. The van der Waals surface area contributed by atoms with Crippen molar-refractivity contribution < 1.29 is 19.1 Å². The minimum absolute atomic E-state index is 0.173. The Morgan fingerprint density at radius 1 is 1.33 bits per heavy atom. The van der Waals surface area contributed by atoms with Gasteiger partial charge in [0.15, 0.2) is 0 Å². The molecule has 1 N–H and O–H groups in total. The molecular weight excluding hydrogens is 308 g/mol. The van der Waals surface area contributed by atoms with Crippen LogP contribution in [0, 0.1) is 0 Å². The zero-order valence-corrected chi connectivity index (χ0v) is 14.2. The molecule has 24 heavy (non-hydrogen) atoms. The lowest BCUT2D eigenvalue weighted by atomic mass is 10.1. The van der Waals surface area contributed by atoms with Gasteiger partial charge in [-0.15, -0.1) is 0 Å². The topological polar surface area (TPSA) is 67.9 Å². The van der Waals surface area contributed by atoms with Crippen molar-refractivity contribution >= 4 is 17.9 Å². The third-order valence-electron chi connectivity index (χ3n) is 3.93. The summed E-state index contributed by atoms with van der Waals surface area (Å²) in [7, 11) is 3.17. The lowest BCUT2D eigenvalue weighted by Crippen LogP contribution is -2.29. The molecule has 1 aromatic carbocycles. The fourth-order valence-electron chi connectivity index (χ4n) is 2.62. The molecule has 0 spiro atoms. The van der Waals surface area contributed by atoms with Gasteiger partial charge in [0.2, 0.25) is 11.8 Å². The van der Waals surface area contributed by atoms with Gasteiger partial charge in [0, 0.05) is 37.7 Å². The third kappa shape index (κ3) is 5.01. The quantitative estimate of drug-likeness (QED) is 0.583. The van der Waals surface area contributed by atoms with Crippen molar-refractivity contribution in [2.75, 3.05) is 33.9 Å². The summed E-state index contributed by atoms with van der Waals surface area (Å²) in [5.41, 5.74) is 0.773. The van der Waals surface area contributed by atoms with Crippen LogP contribution in [-0.4, -0.2) is 50.6 Å². The van der Waals surface area contributed by atoms with Crippen LogP contribution in [-0.2, 0) is 9.59 Å². The molecule has 1 heterocycles. The molecule has 0 bridgehead atoms. The second kappa shape index (κ2) is 8.96.